The van der Waals surface area contributed by atoms with Gasteiger partial charge >= 0.3 is 6.03 Å². The van der Waals surface area contributed by atoms with Crippen molar-refractivity contribution < 1.29 is 9.90 Å². The van der Waals surface area contributed by atoms with Crippen molar-refractivity contribution >= 4 is 6.03 Å². The van der Waals surface area contributed by atoms with Crippen LogP contribution in [0.5, 0.6) is 0 Å². The SMILES string of the molecule is Cc1cc(=O)n(CC2(O)CCN(C(=O)N3CCNCC3c3ccccc3)CC23CCCC3)cn1. The van der Waals surface area contributed by atoms with Crippen LogP contribution in [0.2, 0.25) is 0 Å². The van der Waals surface area contributed by atoms with E-state index in [-0.39, 0.29) is 24.2 Å². The molecule has 2 N–H and O–H groups in total. The highest BCUT2D eigenvalue weighted by atomic mass is 16.3. The second-order valence-electron chi connectivity index (χ2n) is 10.3. The molecule has 182 valence electrons. The molecule has 3 aliphatic rings. The van der Waals surface area contributed by atoms with E-state index in [0.29, 0.717) is 31.7 Å². The molecule has 2 unspecified atom stereocenters. The summed E-state index contributed by atoms with van der Waals surface area (Å²) >= 11 is 0. The van der Waals surface area contributed by atoms with Crippen molar-refractivity contribution in [1.29, 1.82) is 0 Å². The normalized spacial score (nSPS) is 26.7. The lowest BCUT2D eigenvalue weighted by molar-refractivity contribution is -0.137. The average Bonchev–Trinajstić information content (AvgIpc) is 3.33. The number of aryl methyl sites for hydroxylation is 1. The van der Waals surface area contributed by atoms with E-state index in [1.54, 1.807) is 13.3 Å². The van der Waals surface area contributed by atoms with Gasteiger partial charge in [-0.2, -0.15) is 0 Å². The molecule has 1 aromatic heterocycles. The average molecular weight is 466 g/mol. The quantitative estimate of drug-likeness (QED) is 0.726. The number of urea groups is 1. The molecule has 8 heteroatoms. The molecule has 34 heavy (non-hydrogen) atoms. The molecule has 2 aromatic rings. The van der Waals surface area contributed by atoms with E-state index in [4.69, 9.17) is 0 Å². The van der Waals surface area contributed by atoms with E-state index in [2.05, 4.69) is 22.4 Å². The van der Waals surface area contributed by atoms with Gasteiger partial charge in [0.2, 0.25) is 0 Å². The van der Waals surface area contributed by atoms with Crippen molar-refractivity contribution in [1.82, 2.24) is 24.7 Å². The van der Waals surface area contributed by atoms with Crippen LogP contribution in [0.3, 0.4) is 0 Å². The van der Waals surface area contributed by atoms with Crippen LogP contribution < -0.4 is 10.9 Å². The van der Waals surface area contributed by atoms with Crippen LogP contribution in [-0.2, 0) is 6.54 Å². The first-order valence-corrected chi connectivity index (χ1v) is 12.5. The monoisotopic (exact) mass is 465 g/mol. The van der Waals surface area contributed by atoms with Crippen molar-refractivity contribution in [3.63, 3.8) is 0 Å². The van der Waals surface area contributed by atoms with Gasteiger partial charge in [0, 0.05) is 49.9 Å². The maximum atomic E-state index is 13.8. The second kappa shape index (κ2) is 9.15. The van der Waals surface area contributed by atoms with Crippen LogP contribution in [0.25, 0.3) is 0 Å². The predicted molar refractivity (Wildman–Crippen MR) is 129 cm³/mol. The first kappa shape index (κ1) is 23.1. The van der Waals surface area contributed by atoms with E-state index < -0.39 is 11.0 Å². The first-order valence-electron chi connectivity index (χ1n) is 12.5. The summed E-state index contributed by atoms with van der Waals surface area (Å²) in [4.78, 5) is 34.6. The third kappa shape index (κ3) is 4.14. The minimum absolute atomic E-state index is 0.00000177. The first-order chi connectivity index (χ1) is 16.4. The lowest BCUT2D eigenvalue weighted by Crippen LogP contribution is -2.64. The Kier molecular flexibility index (Phi) is 6.20. The summed E-state index contributed by atoms with van der Waals surface area (Å²) in [6, 6.07) is 11.8. The summed E-state index contributed by atoms with van der Waals surface area (Å²) in [5.74, 6) is 0. The number of hydrogen-bond acceptors (Lipinski definition) is 5. The van der Waals surface area contributed by atoms with Gasteiger partial charge in [-0.3, -0.25) is 9.36 Å². The number of piperazine rings is 1. The fourth-order valence-electron chi connectivity index (χ4n) is 6.27. The van der Waals surface area contributed by atoms with Gasteiger partial charge < -0.3 is 20.2 Å². The number of aliphatic hydroxyl groups is 1. The van der Waals surface area contributed by atoms with Crippen LogP contribution in [0.4, 0.5) is 4.79 Å². The molecular formula is C26H35N5O3. The summed E-state index contributed by atoms with van der Waals surface area (Å²) < 4.78 is 1.53. The number of benzene rings is 1. The van der Waals surface area contributed by atoms with Gasteiger partial charge in [-0.25, -0.2) is 9.78 Å². The molecule has 1 spiro atoms. The summed E-state index contributed by atoms with van der Waals surface area (Å²) in [7, 11) is 0. The van der Waals surface area contributed by atoms with Gasteiger partial charge in [0.05, 0.1) is 24.5 Å². The third-order valence-electron chi connectivity index (χ3n) is 8.23. The molecule has 2 amide bonds. The minimum Gasteiger partial charge on any atom is -0.387 e. The van der Waals surface area contributed by atoms with Gasteiger partial charge in [0.25, 0.3) is 5.56 Å². The predicted octanol–water partition coefficient (Wildman–Crippen LogP) is 2.32. The number of carbonyl (C=O) groups is 1. The zero-order valence-corrected chi connectivity index (χ0v) is 19.9. The summed E-state index contributed by atoms with van der Waals surface area (Å²) in [5.41, 5.74) is 0.232. The molecule has 2 atom stereocenters. The van der Waals surface area contributed by atoms with Crippen LogP contribution in [-0.4, -0.2) is 68.8 Å². The Morgan fingerprint density at radius 3 is 2.68 bits per heavy atom. The Morgan fingerprint density at radius 2 is 1.94 bits per heavy atom. The maximum absolute atomic E-state index is 13.8. The Hall–Kier alpha value is -2.71. The molecule has 5 rings (SSSR count). The highest BCUT2D eigenvalue weighted by molar-refractivity contribution is 5.75. The molecule has 3 fully saturated rings. The molecule has 8 nitrogen and oxygen atoms in total. The van der Waals surface area contributed by atoms with Crippen LogP contribution in [0.1, 0.15) is 49.4 Å². The van der Waals surface area contributed by atoms with Gasteiger partial charge in [-0.1, -0.05) is 43.2 Å². The van der Waals surface area contributed by atoms with Crippen LogP contribution >= 0.6 is 0 Å². The van der Waals surface area contributed by atoms with E-state index in [0.717, 1.165) is 44.3 Å². The van der Waals surface area contributed by atoms with Gasteiger partial charge in [-0.05, 0) is 31.7 Å². The fraction of sp³-hybridized carbons (Fsp3) is 0.577. The highest BCUT2D eigenvalue weighted by Crippen LogP contribution is 2.51. The lowest BCUT2D eigenvalue weighted by atomic mass is 9.66. The standard InChI is InChI=1S/C26H35N5O3/c1-20-15-23(32)30(19-28-20)18-26(34)11-13-29(17-25(26)9-5-6-10-25)24(33)31-14-12-27-16-22(31)21-7-3-2-4-8-21/h2-4,7-8,15,19,22,27,34H,5-6,9-14,16-18H2,1H3. The number of nitrogens with one attached hydrogen (secondary N) is 1. The number of aromatic nitrogens is 2. The van der Waals surface area contributed by atoms with E-state index in [9.17, 15) is 14.7 Å². The molecule has 1 aliphatic carbocycles. The molecule has 0 bridgehead atoms. The largest absolute Gasteiger partial charge is 0.387 e. The van der Waals surface area contributed by atoms with Gasteiger partial charge in [0.15, 0.2) is 0 Å². The van der Waals surface area contributed by atoms with Crippen LogP contribution in [0, 0.1) is 12.3 Å². The lowest BCUT2D eigenvalue weighted by Gasteiger charge is -2.53. The number of piperidine rings is 1. The molecular weight excluding hydrogens is 430 g/mol. The van der Waals surface area contributed by atoms with E-state index >= 15 is 0 Å². The van der Waals surface area contributed by atoms with Crippen molar-refractivity contribution in [2.45, 2.75) is 57.2 Å². The molecule has 2 aliphatic heterocycles. The number of likely N-dealkylation sites (tertiary alicyclic amines) is 1. The third-order valence-corrected chi connectivity index (χ3v) is 8.23. The Balaban J connectivity index is 1.38. The Bertz CT molecular complexity index is 1080. The Labute approximate surface area is 200 Å². The van der Waals surface area contributed by atoms with Crippen LogP contribution in [0.15, 0.2) is 47.5 Å². The zero-order valence-electron chi connectivity index (χ0n) is 19.9. The van der Waals surface area contributed by atoms with Gasteiger partial charge in [0.1, 0.15) is 0 Å². The van der Waals surface area contributed by atoms with Crippen molar-refractivity contribution in [2.75, 3.05) is 32.7 Å². The van der Waals surface area contributed by atoms with E-state index in [1.165, 1.54) is 10.6 Å². The molecule has 0 radical (unpaired) electrons. The number of amides is 2. The van der Waals surface area contributed by atoms with Gasteiger partial charge in [-0.15, -0.1) is 0 Å². The molecule has 3 heterocycles. The van der Waals surface area contributed by atoms with Crippen molar-refractivity contribution in [2.24, 2.45) is 5.41 Å². The maximum Gasteiger partial charge on any atom is 0.320 e. The second-order valence-corrected chi connectivity index (χ2v) is 10.3. The van der Waals surface area contributed by atoms with Crippen molar-refractivity contribution in [3.8, 4) is 0 Å². The topological polar surface area (TPSA) is 90.7 Å². The summed E-state index contributed by atoms with van der Waals surface area (Å²) in [6.07, 6.45) is 5.80. The fourth-order valence-corrected chi connectivity index (χ4v) is 6.27. The number of carbonyl (C=O) groups excluding carboxylic acids is 1. The smallest absolute Gasteiger partial charge is 0.320 e. The zero-order chi connectivity index (χ0) is 23.8. The number of rotatable bonds is 3. The molecule has 2 saturated heterocycles. The Morgan fingerprint density at radius 1 is 1.18 bits per heavy atom. The molecule has 1 aromatic carbocycles. The summed E-state index contributed by atoms with van der Waals surface area (Å²) in [5, 5.41) is 15.4. The summed E-state index contributed by atoms with van der Waals surface area (Å²) in [6.45, 7) is 5.21. The van der Waals surface area contributed by atoms with E-state index in [1.807, 2.05) is 28.0 Å². The van der Waals surface area contributed by atoms with Crippen molar-refractivity contribution in [3.05, 3.63) is 64.3 Å². The number of hydrogen-bond donors (Lipinski definition) is 2. The highest BCUT2D eigenvalue weighted by Gasteiger charge is 2.56. The molecule has 1 saturated carbocycles. The number of nitrogens with zero attached hydrogens (tertiary/aromatic N) is 4. The minimum atomic E-state index is -1.04.